The third kappa shape index (κ3) is 5.83. The number of nitrogens with zero attached hydrogens (tertiary/aromatic N) is 6. The number of allylic oxidation sites excluding steroid dienone is 4. The minimum atomic E-state index is -0.434. The van der Waals surface area contributed by atoms with Gasteiger partial charge < -0.3 is 9.47 Å². The lowest BCUT2D eigenvalue weighted by atomic mass is 9.87. The molecule has 2 unspecified atom stereocenters. The van der Waals surface area contributed by atoms with Crippen molar-refractivity contribution in [1.82, 2.24) is 29.7 Å². The Bertz CT molecular complexity index is 1660. The first kappa shape index (κ1) is 31.6. The van der Waals surface area contributed by atoms with Gasteiger partial charge in [-0.3, -0.25) is 9.80 Å². The number of hydrogen-bond acceptors (Lipinski definition) is 8. The summed E-state index contributed by atoms with van der Waals surface area (Å²) in [5.41, 5.74) is 0.856. The standard InChI is InChI=1S/C38H44N6O2/c1-5-43(6-2)37(23-15-9-16-24-37)35-39-31-21-13-11-19-29(31)33(41-35)45-27-28-46-34-30-20-12-14-22-32(30)40-36(42-34)38(44(7-3)8-4)25-17-10-18-26-38/h9-23,25H,5-8,24,26-28H2,1-4H3. The van der Waals surface area contributed by atoms with Crippen LogP contribution in [0.1, 0.15) is 52.2 Å². The Morgan fingerprint density at radius 3 is 1.35 bits per heavy atom. The highest BCUT2D eigenvalue weighted by Gasteiger charge is 2.39. The second-order valence-corrected chi connectivity index (χ2v) is 11.6. The number of hydrogen-bond donors (Lipinski definition) is 0. The first-order chi connectivity index (χ1) is 22.6. The molecule has 0 fully saturated rings. The lowest BCUT2D eigenvalue weighted by Gasteiger charge is -2.40. The normalized spacial score (nSPS) is 20.7. The highest BCUT2D eigenvalue weighted by molar-refractivity contribution is 5.84. The zero-order valence-corrected chi connectivity index (χ0v) is 27.4. The predicted octanol–water partition coefficient (Wildman–Crippen LogP) is 7.14. The lowest BCUT2D eigenvalue weighted by molar-refractivity contribution is 0.134. The van der Waals surface area contributed by atoms with Crippen molar-refractivity contribution in [3.8, 4) is 11.8 Å². The summed E-state index contributed by atoms with van der Waals surface area (Å²) in [7, 11) is 0. The van der Waals surface area contributed by atoms with Gasteiger partial charge in [-0.25, -0.2) is 9.97 Å². The quantitative estimate of drug-likeness (QED) is 0.147. The Morgan fingerprint density at radius 2 is 0.978 bits per heavy atom. The van der Waals surface area contributed by atoms with Gasteiger partial charge in [-0.05, 0) is 63.3 Å². The SMILES string of the molecule is CCN(CC)C1(c2nc(OCCOc3nc(C4(N(CC)CC)C=CC=CC4)nc4ccccc34)c3ccccc3n2)C=CC=CC1. The number of aromatic nitrogens is 4. The molecule has 0 saturated heterocycles. The molecule has 2 aromatic carbocycles. The van der Waals surface area contributed by atoms with Gasteiger partial charge in [-0.2, -0.15) is 9.97 Å². The van der Waals surface area contributed by atoms with E-state index in [-0.39, 0.29) is 0 Å². The van der Waals surface area contributed by atoms with E-state index < -0.39 is 11.1 Å². The Balaban J connectivity index is 1.29. The van der Waals surface area contributed by atoms with Gasteiger partial charge in [0.1, 0.15) is 24.3 Å². The zero-order chi connectivity index (χ0) is 32.0. The number of benzene rings is 2. The number of fused-ring (bicyclic) bond motifs is 2. The van der Waals surface area contributed by atoms with E-state index in [1.165, 1.54) is 0 Å². The minimum Gasteiger partial charge on any atom is -0.474 e. The van der Waals surface area contributed by atoms with Gasteiger partial charge in [0, 0.05) is 0 Å². The fraction of sp³-hybridized carbons (Fsp3) is 0.368. The minimum absolute atomic E-state index is 0.298. The van der Waals surface area contributed by atoms with E-state index in [0.717, 1.165) is 72.5 Å². The number of rotatable bonds is 13. The molecule has 2 aliphatic rings. The van der Waals surface area contributed by atoms with E-state index in [4.69, 9.17) is 29.4 Å². The third-order valence-corrected chi connectivity index (χ3v) is 9.22. The summed E-state index contributed by atoms with van der Waals surface area (Å²) in [4.78, 5) is 25.1. The molecule has 0 N–H and O–H groups in total. The van der Waals surface area contributed by atoms with Crippen molar-refractivity contribution in [2.75, 3.05) is 39.4 Å². The Hall–Kier alpha value is -4.40. The van der Waals surface area contributed by atoms with Crippen molar-refractivity contribution in [3.63, 3.8) is 0 Å². The van der Waals surface area contributed by atoms with E-state index in [1.54, 1.807) is 0 Å². The van der Waals surface area contributed by atoms with Crippen molar-refractivity contribution in [3.05, 3.63) is 109 Å². The van der Waals surface area contributed by atoms with Crippen LogP contribution in [0.5, 0.6) is 11.8 Å². The lowest BCUT2D eigenvalue weighted by Crippen LogP contribution is -2.46. The van der Waals surface area contributed by atoms with Gasteiger partial charge in [0.2, 0.25) is 11.8 Å². The average molecular weight is 617 g/mol. The molecule has 2 aromatic heterocycles. The molecule has 0 amide bonds. The number of para-hydroxylation sites is 2. The van der Waals surface area contributed by atoms with Crippen LogP contribution in [0.15, 0.2) is 97.1 Å². The first-order valence-electron chi connectivity index (χ1n) is 16.6. The highest BCUT2D eigenvalue weighted by atomic mass is 16.5. The van der Waals surface area contributed by atoms with Crippen molar-refractivity contribution in [2.24, 2.45) is 0 Å². The van der Waals surface area contributed by atoms with Crippen LogP contribution in [0, 0.1) is 0 Å². The maximum atomic E-state index is 6.41. The fourth-order valence-electron chi connectivity index (χ4n) is 6.86. The molecule has 2 aliphatic carbocycles. The first-order valence-corrected chi connectivity index (χ1v) is 16.6. The molecule has 0 saturated carbocycles. The molecule has 0 bridgehead atoms. The van der Waals surface area contributed by atoms with E-state index in [9.17, 15) is 0 Å². The van der Waals surface area contributed by atoms with Crippen LogP contribution in [0.3, 0.4) is 0 Å². The van der Waals surface area contributed by atoms with Crippen molar-refractivity contribution in [1.29, 1.82) is 0 Å². The summed E-state index contributed by atoms with van der Waals surface area (Å²) in [6, 6.07) is 16.1. The molecule has 238 valence electrons. The Kier molecular flexibility index (Phi) is 9.56. The molecule has 6 rings (SSSR count). The molecule has 2 heterocycles. The summed E-state index contributed by atoms with van der Waals surface area (Å²) >= 11 is 0. The molecule has 0 spiro atoms. The second-order valence-electron chi connectivity index (χ2n) is 11.6. The molecule has 0 aliphatic heterocycles. The van der Waals surface area contributed by atoms with Gasteiger partial charge in [0.15, 0.2) is 11.6 Å². The van der Waals surface area contributed by atoms with Crippen LogP contribution in [-0.2, 0) is 11.1 Å². The summed E-state index contributed by atoms with van der Waals surface area (Å²) in [5, 5.41) is 1.76. The average Bonchev–Trinajstić information content (AvgIpc) is 3.11. The van der Waals surface area contributed by atoms with Crippen molar-refractivity contribution >= 4 is 21.8 Å². The highest BCUT2D eigenvalue weighted by Crippen LogP contribution is 2.38. The van der Waals surface area contributed by atoms with Crippen molar-refractivity contribution < 1.29 is 9.47 Å². The van der Waals surface area contributed by atoms with E-state index >= 15 is 0 Å². The topological polar surface area (TPSA) is 76.5 Å². The Morgan fingerprint density at radius 1 is 0.565 bits per heavy atom. The van der Waals surface area contributed by atoms with Gasteiger partial charge in [-0.15, -0.1) is 0 Å². The smallest absolute Gasteiger partial charge is 0.224 e. The predicted molar refractivity (Wildman–Crippen MR) is 185 cm³/mol. The number of ether oxygens (including phenoxy) is 2. The summed E-state index contributed by atoms with van der Waals surface area (Å²) in [5.74, 6) is 2.61. The second kappa shape index (κ2) is 13.9. The van der Waals surface area contributed by atoms with E-state index in [1.807, 2.05) is 48.5 Å². The molecular formula is C38H44N6O2. The van der Waals surface area contributed by atoms with Gasteiger partial charge >= 0.3 is 0 Å². The zero-order valence-electron chi connectivity index (χ0n) is 27.4. The molecular weight excluding hydrogens is 572 g/mol. The van der Waals surface area contributed by atoms with Crippen LogP contribution in [0.25, 0.3) is 21.8 Å². The maximum absolute atomic E-state index is 6.41. The number of likely N-dealkylation sites (N-methyl/N-ethyl adjacent to an activating group) is 2. The molecule has 46 heavy (non-hydrogen) atoms. The fourth-order valence-corrected chi connectivity index (χ4v) is 6.86. The van der Waals surface area contributed by atoms with E-state index in [2.05, 4.69) is 86.1 Å². The van der Waals surface area contributed by atoms with Gasteiger partial charge in [0.05, 0.1) is 21.8 Å². The van der Waals surface area contributed by atoms with Gasteiger partial charge in [0.25, 0.3) is 0 Å². The molecule has 0 radical (unpaired) electrons. The van der Waals surface area contributed by atoms with Crippen LogP contribution in [-0.4, -0.2) is 69.1 Å². The summed E-state index contributed by atoms with van der Waals surface area (Å²) in [6.07, 6.45) is 18.8. The maximum Gasteiger partial charge on any atom is 0.224 e. The molecule has 2 atom stereocenters. The molecule has 8 heteroatoms. The molecule has 4 aromatic rings. The largest absolute Gasteiger partial charge is 0.474 e. The Labute approximate surface area is 272 Å². The van der Waals surface area contributed by atoms with Gasteiger partial charge in [-0.1, -0.05) is 101 Å². The van der Waals surface area contributed by atoms with Crippen LogP contribution in [0.2, 0.25) is 0 Å². The van der Waals surface area contributed by atoms with Crippen LogP contribution in [0.4, 0.5) is 0 Å². The van der Waals surface area contributed by atoms with Crippen molar-refractivity contribution in [2.45, 2.75) is 51.6 Å². The van der Waals surface area contributed by atoms with E-state index in [0.29, 0.717) is 25.0 Å². The van der Waals surface area contributed by atoms with Crippen LogP contribution < -0.4 is 9.47 Å². The monoisotopic (exact) mass is 616 g/mol. The molecule has 8 nitrogen and oxygen atoms in total. The summed E-state index contributed by atoms with van der Waals surface area (Å²) in [6.45, 7) is 12.8. The summed E-state index contributed by atoms with van der Waals surface area (Å²) < 4.78 is 12.8. The van der Waals surface area contributed by atoms with Crippen LogP contribution >= 0.6 is 0 Å². The third-order valence-electron chi connectivity index (χ3n) is 9.22.